The smallest absolute Gasteiger partial charge is 0.166 e. The van der Waals surface area contributed by atoms with Crippen LogP contribution in [0.2, 0.25) is 0 Å². The summed E-state index contributed by atoms with van der Waals surface area (Å²) in [5.41, 5.74) is 2.05. The fraction of sp³-hybridized carbons (Fsp3) is 0.381. The van der Waals surface area contributed by atoms with Gasteiger partial charge >= 0.3 is 0 Å². The molecular weight excluding hydrogens is 300 g/mol. The second kappa shape index (κ2) is 7.73. The molecule has 1 saturated heterocycles. The first-order valence-electron chi connectivity index (χ1n) is 8.59. The van der Waals surface area contributed by atoms with E-state index in [-0.39, 0.29) is 11.9 Å². The molecule has 3 nitrogen and oxygen atoms in total. The summed E-state index contributed by atoms with van der Waals surface area (Å²) < 4.78 is 12.0. The first kappa shape index (κ1) is 16.9. The number of hydrogen-bond acceptors (Lipinski definition) is 3. The Morgan fingerprint density at radius 1 is 1.08 bits per heavy atom. The summed E-state index contributed by atoms with van der Waals surface area (Å²) >= 11 is 0. The van der Waals surface area contributed by atoms with E-state index in [1.165, 1.54) is 5.56 Å². The lowest BCUT2D eigenvalue weighted by molar-refractivity contribution is -0.158. The molecule has 3 heteroatoms. The van der Waals surface area contributed by atoms with Crippen LogP contribution in [0.25, 0.3) is 0 Å². The zero-order chi connectivity index (χ0) is 16.8. The Balaban J connectivity index is 1.45. The van der Waals surface area contributed by atoms with E-state index in [2.05, 4.69) is 12.1 Å². The van der Waals surface area contributed by atoms with E-state index >= 15 is 0 Å². The fourth-order valence-electron chi connectivity index (χ4n) is 3.04. The number of hydrogen-bond donors (Lipinski definition) is 0. The maximum absolute atomic E-state index is 12.2. The number of rotatable bonds is 7. The van der Waals surface area contributed by atoms with Crippen molar-refractivity contribution in [2.45, 2.75) is 44.5 Å². The van der Waals surface area contributed by atoms with E-state index in [9.17, 15) is 4.79 Å². The number of ketones is 1. The maximum Gasteiger partial charge on any atom is 0.166 e. The standard InChI is InChI=1S/C21H24O3/c1-21(15-14-17-8-4-2-5-9-17)23-16-19(24-21)12-13-20(22)18-10-6-3-7-11-18/h2-11,19H,12-16H2,1H3. The maximum atomic E-state index is 12.2. The molecule has 24 heavy (non-hydrogen) atoms. The Labute approximate surface area is 143 Å². The van der Waals surface area contributed by atoms with E-state index in [0.29, 0.717) is 19.4 Å². The number of carbonyl (C=O) groups excluding carboxylic acids is 1. The van der Waals surface area contributed by atoms with Crippen molar-refractivity contribution in [2.24, 2.45) is 0 Å². The molecule has 0 saturated carbocycles. The van der Waals surface area contributed by atoms with Crippen LogP contribution in [0.5, 0.6) is 0 Å². The van der Waals surface area contributed by atoms with Crippen LogP contribution in [-0.4, -0.2) is 24.3 Å². The number of benzene rings is 2. The van der Waals surface area contributed by atoms with Gasteiger partial charge in [-0.05, 0) is 25.3 Å². The van der Waals surface area contributed by atoms with Crippen molar-refractivity contribution in [3.05, 3.63) is 71.8 Å². The second-order valence-corrected chi connectivity index (χ2v) is 6.50. The fourth-order valence-corrected chi connectivity index (χ4v) is 3.04. The van der Waals surface area contributed by atoms with Crippen molar-refractivity contribution in [3.63, 3.8) is 0 Å². The predicted octanol–water partition coefficient (Wildman–Crippen LogP) is 4.41. The van der Waals surface area contributed by atoms with Gasteiger partial charge in [-0.3, -0.25) is 4.79 Å². The third-order valence-electron chi connectivity index (χ3n) is 4.49. The van der Waals surface area contributed by atoms with Crippen molar-refractivity contribution < 1.29 is 14.3 Å². The molecule has 2 unspecified atom stereocenters. The van der Waals surface area contributed by atoms with E-state index in [4.69, 9.17) is 9.47 Å². The molecule has 0 radical (unpaired) electrons. The van der Waals surface area contributed by atoms with Crippen LogP contribution in [0.1, 0.15) is 42.1 Å². The van der Waals surface area contributed by atoms with E-state index in [1.807, 2.05) is 55.5 Å². The molecule has 0 aliphatic carbocycles. The summed E-state index contributed by atoms with van der Waals surface area (Å²) in [5, 5.41) is 0. The molecule has 0 aromatic heterocycles. The zero-order valence-electron chi connectivity index (χ0n) is 14.1. The quantitative estimate of drug-likeness (QED) is 0.708. The van der Waals surface area contributed by atoms with Gasteiger partial charge in [0.05, 0.1) is 12.7 Å². The van der Waals surface area contributed by atoms with Gasteiger partial charge in [0.25, 0.3) is 0 Å². The lowest BCUT2D eigenvalue weighted by Crippen LogP contribution is -2.27. The minimum Gasteiger partial charge on any atom is -0.348 e. The number of ether oxygens (including phenoxy) is 2. The zero-order valence-corrected chi connectivity index (χ0v) is 14.1. The Morgan fingerprint density at radius 2 is 1.75 bits per heavy atom. The molecule has 0 N–H and O–H groups in total. The lowest BCUT2D eigenvalue weighted by Gasteiger charge is -2.23. The molecule has 1 aliphatic heterocycles. The number of Topliss-reactive ketones (excluding diaryl/α,β-unsaturated/α-hetero) is 1. The van der Waals surface area contributed by atoms with Gasteiger partial charge in [0, 0.05) is 18.4 Å². The molecule has 0 spiro atoms. The van der Waals surface area contributed by atoms with Gasteiger partial charge in [-0.15, -0.1) is 0 Å². The Bertz CT molecular complexity index is 653. The van der Waals surface area contributed by atoms with E-state index in [0.717, 1.165) is 18.4 Å². The summed E-state index contributed by atoms with van der Waals surface area (Å²) in [6.45, 7) is 2.56. The van der Waals surface area contributed by atoms with E-state index in [1.54, 1.807) is 0 Å². The molecule has 126 valence electrons. The van der Waals surface area contributed by atoms with Gasteiger partial charge < -0.3 is 9.47 Å². The molecule has 2 aromatic rings. The minimum atomic E-state index is -0.545. The highest BCUT2D eigenvalue weighted by Crippen LogP contribution is 2.30. The molecule has 0 bridgehead atoms. The summed E-state index contributed by atoms with van der Waals surface area (Å²) in [5.74, 6) is -0.381. The van der Waals surface area contributed by atoms with Gasteiger partial charge in [0.1, 0.15) is 0 Å². The molecule has 0 amide bonds. The highest BCUT2D eigenvalue weighted by atomic mass is 16.7. The van der Waals surface area contributed by atoms with Gasteiger partial charge in [-0.2, -0.15) is 0 Å². The van der Waals surface area contributed by atoms with Crippen LogP contribution in [-0.2, 0) is 15.9 Å². The van der Waals surface area contributed by atoms with E-state index < -0.39 is 5.79 Å². The second-order valence-electron chi connectivity index (χ2n) is 6.50. The number of aryl methyl sites for hydroxylation is 1. The molecule has 3 rings (SSSR count). The summed E-state index contributed by atoms with van der Waals surface area (Å²) in [6, 6.07) is 19.8. The van der Waals surface area contributed by atoms with Crippen molar-refractivity contribution in [1.82, 2.24) is 0 Å². The molecule has 1 fully saturated rings. The largest absolute Gasteiger partial charge is 0.348 e. The summed E-state index contributed by atoms with van der Waals surface area (Å²) in [7, 11) is 0. The van der Waals surface area contributed by atoms with Crippen molar-refractivity contribution >= 4 is 5.78 Å². The van der Waals surface area contributed by atoms with Crippen LogP contribution < -0.4 is 0 Å². The third kappa shape index (κ3) is 4.53. The van der Waals surface area contributed by atoms with Gasteiger partial charge in [-0.1, -0.05) is 60.7 Å². The Kier molecular flexibility index (Phi) is 5.44. The van der Waals surface area contributed by atoms with Crippen molar-refractivity contribution in [3.8, 4) is 0 Å². The minimum absolute atomic E-state index is 0.00145. The first-order chi connectivity index (χ1) is 11.6. The van der Waals surface area contributed by atoms with Crippen LogP contribution in [0, 0.1) is 0 Å². The van der Waals surface area contributed by atoms with Crippen LogP contribution >= 0.6 is 0 Å². The average molecular weight is 324 g/mol. The average Bonchev–Trinajstić information content (AvgIpc) is 3.01. The Morgan fingerprint density at radius 3 is 2.46 bits per heavy atom. The third-order valence-corrected chi connectivity index (χ3v) is 4.49. The lowest BCUT2D eigenvalue weighted by atomic mass is 10.0. The van der Waals surface area contributed by atoms with Crippen molar-refractivity contribution in [1.29, 1.82) is 0 Å². The first-order valence-corrected chi connectivity index (χ1v) is 8.59. The highest BCUT2D eigenvalue weighted by molar-refractivity contribution is 5.95. The van der Waals surface area contributed by atoms with Crippen LogP contribution in [0.4, 0.5) is 0 Å². The predicted molar refractivity (Wildman–Crippen MR) is 94.0 cm³/mol. The topological polar surface area (TPSA) is 35.5 Å². The van der Waals surface area contributed by atoms with Gasteiger partial charge in [0.15, 0.2) is 11.6 Å². The summed E-state index contributed by atoms with van der Waals surface area (Å²) in [4.78, 5) is 12.2. The van der Waals surface area contributed by atoms with Crippen molar-refractivity contribution in [2.75, 3.05) is 6.61 Å². The molecule has 1 heterocycles. The summed E-state index contributed by atoms with van der Waals surface area (Å²) in [6.07, 6.45) is 2.94. The molecule has 2 aromatic carbocycles. The SMILES string of the molecule is CC1(CCc2ccccc2)OCC(CCC(=O)c2ccccc2)O1. The van der Waals surface area contributed by atoms with Crippen LogP contribution in [0.3, 0.4) is 0 Å². The molecule has 1 aliphatic rings. The van der Waals surface area contributed by atoms with Gasteiger partial charge in [0.2, 0.25) is 0 Å². The Hall–Kier alpha value is -1.97. The van der Waals surface area contributed by atoms with Gasteiger partial charge in [-0.25, -0.2) is 0 Å². The molecular formula is C21H24O3. The van der Waals surface area contributed by atoms with Crippen LogP contribution in [0.15, 0.2) is 60.7 Å². The molecule has 2 atom stereocenters. The normalized spacial score (nSPS) is 23.3. The monoisotopic (exact) mass is 324 g/mol. The highest BCUT2D eigenvalue weighted by Gasteiger charge is 2.36. The number of carbonyl (C=O) groups is 1.